The van der Waals surface area contributed by atoms with Gasteiger partial charge in [0, 0.05) is 30.2 Å². The fourth-order valence-electron chi connectivity index (χ4n) is 3.17. The number of amides is 1. The molecule has 1 heterocycles. The number of hydrogen-bond acceptors (Lipinski definition) is 4. The van der Waals surface area contributed by atoms with E-state index in [0.29, 0.717) is 5.58 Å². The van der Waals surface area contributed by atoms with Crippen LogP contribution < -0.4 is 15.8 Å². The lowest BCUT2D eigenvalue weighted by Gasteiger charge is -2.21. The number of carbonyl (C=O) groups excluding carboxylic acids is 1. The summed E-state index contributed by atoms with van der Waals surface area (Å²) in [6.07, 6.45) is 0. The van der Waals surface area contributed by atoms with Gasteiger partial charge in [0.1, 0.15) is 11.1 Å². The maximum absolute atomic E-state index is 12.7. The molecule has 3 aromatic rings. The Labute approximate surface area is 159 Å². The Hall–Kier alpha value is -3.08. The molecule has 0 radical (unpaired) electrons. The van der Waals surface area contributed by atoms with E-state index in [9.17, 15) is 4.79 Å². The van der Waals surface area contributed by atoms with Crippen molar-refractivity contribution >= 4 is 22.6 Å². The van der Waals surface area contributed by atoms with E-state index in [2.05, 4.69) is 24.1 Å². The molecular weight excluding hydrogens is 338 g/mol. The van der Waals surface area contributed by atoms with E-state index in [-0.39, 0.29) is 23.1 Å². The summed E-state index contributed by atoms with van der Waals surface area (Å²) in [7, 11) is 0. The Balaban J connectivity index is 1.88. The van der Waals surface area contributed by atoms with Gasteiger partial charge in [0.05, 0.1) is 6.04 Å². The van der Waals surface area contributed by atoms with Gasteiger partial charge in [-0.05, 0) is 44.5 Å². The summed E-state index contributed by atoms with van der Waals surface area (Å²) in [6, 6.07) is 17.2. The zero-order valence-electron chi connectivity index (χ0n) is 16.0. The van der Waals surface area contributed by atoms with Crippen LogP contribution in [0.4, 0.5) is 5.69 Å². The molecule has 0 fully saturated rings. The topological polar surface area (TPSA) is 69.3 Å². The third-order valence-corrected chi connectivity index (χ3v) is 4.77. The minimum atomic E-state index is -0.310. The molecule has 0 saturated carbocycles. The summed E-state index contributed by atoms with van der Waals surface area (Å²) in [5.74, 6) is -0.310. The highest BCUT2D eigenvalue weighted by molar-refractivity contribution is 5.97. The van der Waals surface area contributed by atoms with Crippen molar-refractivity contribution in [3.8, 4) is 0 Å². The van der Waals surface area contributed by atoms with Gasteiger partial charge in [0.25, 0.3) is 5.91 Å². The summed E-state index contributed by atoms with van der Waals surface area (Å²) in [6.45, 7) is 7.91. The Kier molecular flexibility index (Phi) is 5.60. The van der Waals surface area contributed by atoms with E-state index >= 15 is 0 Å². The van der Waals surface area contributed by atoms with Gasteiger partial charge in [-0.1, -0.05) is 30.3 Å². The van der Waals surface area contributed by atoms with Crippen LogP contribution >= 0.6 is 0 Å². The summed E-state index contributed by atoms with van der Waals surface area (Å²) < 4.78 is 5.66. The number of hydrogen-bond donors (Lipinski definition) is 2. The summed E-state index contributed by atoms with van der Waals surface area (Å²) in [5, 5.41) is 11.9. The van der Waals surface area contributed by atoms with Crippen LogP contribution in [0.3, 0.4) is 0 Å². The maximum atomic E-state index is 12.7. The molecule has 0 aliphatic carbocycles. The highest BCUT2D eigenvalue weighted by Crippen LogP contribution is 2.22. The number of fused-ring (bicyclic) bond motifs is 1. The average molecular weight is 363 g/mol. The number of benzene rings is 2. The predicted molar refractivity (Wildman–Crippen MR) is 108 cm³/mol. The molecule has 2 N–H and O–H groups in total. The lowest BCUT2D eigenvalue weighted by atomic mass is 10.1. The van der Waals surface area contributed by atoms with E-state index in [0.717, 1.165) is 29.7 Å². The first-order chi connectivity index (χ1) is 13.0. The van der Waals surface area contributed by atoms with Gasteiger partial charge in [-0.3, -0.25) is 10.2 Å². The van der Waals surface area contributed by atoms with Crippen LogP contribution in [0.2, 0.25) is 0 Å². The molecule has 2 aromatic carbocycles. The summed E-state index contributed by atoms with van der Waals surface area (Å²) in [5.41, 5.74) is 2.78. The van der Waals surface area contributed by atoms with Crippen LogP contribution in [0, 0.1) is 5.41 Å². The fraction of sp³-hybridized carbons (Fsp3) is 0.273. The number of anilines is 1. The van der Waals surface area contributed by atoms with E-state index in [1.54, 1.807) is 6.07 Å². The van der Waals surface area contributed by atoms with Crippen LogP contribution in [0.25, 0.3) is 11.0 Å². The highest BCUT2D eigenvalue weighted by atomic mass is 16.3. The second-order valence-electron chi connectivity index (χ2n) is 6.49. The molecule has 5 nitrogen and oxygen atoms in total. The standard InChI is InChI=1S/C22H25N3O2/c1-4-25(5-2)18-12-11-17-13-19(21(23)27-20(17)14-18)22(26)24-15(3)16-9-7-6-8-10-16/h6-15,23H,4-5H2,1-3H3,(H,24,26)/t15-/m1/s1. The molecule has 1 aromatic heterocycles. The van der Waals surface area contributed by atoms with Crippen molar-refractivity contribution in [2.24, 2.45) is 0 Å². The molecule has 3 rings (SSSR count). The number of rotatable bonds is 6. The Bertz CT molecular complexity index is 991. The summed E-state index contributed by atoms with van der Waals surface area (Å²) >= 11 is 0. The minimum Gasteiger partial charge on any atom is -0.438 e. The van der Waals surface area contributed by atoms with Crippen molar-refractivity contribution in [2.75, 3.05) is 18.0 Å². The van der Waals surface area contributed by atoms with Crippen molar-refractivity contribution in [3.05, 3.63) is 71.3 Å². The first-order valence-electron chi connectivity index (χ1n) is 9.26. The first-order valence-corrected chi connectivity index (χ1v) is 9.26. The largest absolute Gasteiger partial charge is 0.438 e. The smallest absolute Gasteiger partial charge is 0.257 e. The van der Waals surface area contributed by atoms with Crippen molar-refractivity contribution < 1.29 is 9.21 Å². The first kappa shape index (κ1) is 18.7. The van der Waals surface area contributed by atoms with Gasteiger partial charge in [0.2, 0.25) is 5.55 Å². The second-order valence-corrected chi connectivity index (χ2v) is 6.49. The Morgan fingerprint density at radius 2 is 1.81 bits per heavy atom. The van der Waals surface area contributed by atoms with Gasteiger partial charge < -0.3 is 14.6 Å². The molecule has 0 spiro atoms. The molecular formula is C22H25N3O2. The minimum absolute atomic E-state index is 0.128. The second kappa shape index (κ2) is 8.08. The predicted octanol–water partition coefficient (Wildman–Crippen LogP) is 4.25. The SMILES string of the molecule is CCN(CC)c1ccc2cc(C(=O)N[C@H](C)c3ccccc3)c(=N)oc2c1. The molecule has 0 aliphatic rings. The van der Waals surface area contributed by atoms with E-state index in [4.69, 9.17) is 9.83 Å². The average Bonchev–Trinajstić information content (AvgIpc) is 2.68. The summed E-state index contributed by atoms with van der Waals surface area (Å²) in [4.78, 5) is 14.9. The third kappa shape index (κ3) is 4.03. The lowest BCUT2D eigenvalue weighted by molar-refractivity contribution is 0.0935. The van der Waals surface area contributed by atoms with Gasteiger partial charge >= 0.3 is 0 Å². The van der Waals surface area contributed by atoms with Gasteiger partial charge in [0.15, 0.2) is 0 Å². The molecule has 0 saturated heterocycles. The fourth-order valence-corrected chi connectivity index (χ4v) is 3.17. The molecule has 5 heteroatoms. The highest BCUT2D eigenvalue weighted by Gasteiger charge is 2.15. The lowest BCUT2D eigenvalue weighted by Crippen LogP contribution is -2.30. The Morgan fingerprint density at radius 3 is 2.48 bits per heavy atom. The normalized spacial score (nSPS) is 12.0. The molecule has 0 unspecified atom stereocenters. The van der Waals surface area contributed by atoms with Gasteiger partial charge in [-0.2, -0.15) is 0 Å². The number of nitrogens with one attached hydrogen (secondary N) is 2. The monoisotopic (exact) mass is 363 g/mol. The molecule has 0 bridgehead atoms. The number of nitrogens with zero attached hydrogens (tertiary/aromatic N) is 1. The van der Waals surface area contributed by atoms with Crippen LogP contribution in [-0.4, -0.2) is 19.0 Å². The Morgan fingerprint density at radius 1 is 1.11 bits per heavy atom. The van der Waals surface area contributed by atoms with Crippen molar-refractivity contribution in [1.29, 1.82) is 5.41 Å². The van der Waals surface area contributed by atoms with Crippen molar-refractivity contribution in [3.63, 3.8) is 0 Å². The zero-order chi connectivity index (χ0) is 19.4. The van der Waals surface area contributed by atoms with Crippen molar-refractivity contribution in [2.45, 2.75) is 26.8 Å². The van der Waals surface area contributed by atoms with Gasteiger partial charge in [-0.25, -0.2) is 0 Å². The van der Waals surface area contributed by atoms with Crippen LogP contribution in [0.1, 0.15) is 42.7 Å². The van der Waals surface area contributed by atoms with Crippen LogP contribution in [-0.2, 0) is 0 Å². The third-order valence-electron chi connectivity index (χ3n) is 4.77. The molecule has 1 atom stereocenters. The van der Waals surface area contributed by atoms with E-state index in [1.807, 2.05) is 55.5 Å². The molecule has 27 heavy (non-hydrogen) atoms. The molecule has 0 aliphatic heterocycles. The van der Waals surface area contributed by atoms with Gasteiger partial charge in [-0.15, -0.1) is 0 Å². The van der Waals surface area contributed by atoms with Crippen LogP contribution in [0.15, 0.2) is 59.0 Å². The van der Waals surface area contributed by atoms with E-state index < -0.39 is 0 Å². The van der Waals surface area contributed by atoms with Crippen molar-refractivity contribution in [1.82, 2.24) is 5.32 Å². The maximum Gasteiger partial charge on any atom is 0.257 e. The quantitative estimate of drug-likeness (QED) is 0.688. The van der Waals surface area contributed by atoms with E-state index in [1.165, 1.54) is 0 Å². The molecule has 1 amide bonds. The van der Waals surface area contributed by atoms with Crippen LogP contribution in [0.5, 0.6) is 0 Å². The number of carbonyl (C=O) groups is 1. The molecule has 140 valence electrons. The zero-order valence-corrected chi connectivity index (χ0v) is 16.0.